The monoisotopic (exact) mass is 297 g/mol. The van der Waals surface area contributed by atoms with Crippen molar-refractivity contribution in [3.63, 3.8) is 0 Å². The Bertz CT molecular complexity index is 504. The molecule has 0 spiro atoms. The minimum Gasteiger partial charge on any atom is -0.494 e. The molecule has 0 heterocycles. The quantitative estimate of drug-likeness (QED) is 0.720. The van der Waals surface area contributed by atoms with Gasteiger partial charge in [-0.25, -0.2) is 4.39 Å². The van der Waals surface area contributed by atoms with Crippen LogP contribution in [0, 0.1) is 11.7 Å². The van der Waals surface area contributed by atoms with E-state index in [2.05, 4.69) is 5.32 Å². The number of carbonyl (C=O) groups is 2. The average molecular weight is 297 g/mol. The van der Waals surface area contributed by atoms with Crippen molar-refractivity contribution in [1.29, 1.82) is 0 Å². The van der Waals surface area contributed by atoms with E-state index >= 15 is 0 Å². The van der Waals surface area contributed by atoms with Gasteiger partial charge in [0.15, 0.2) is 11.6 Å². The number of rotatable bonds is 8. The second kappa shape index (κ2) is 8.24. The Labute approximate surface area is 123 Å². The van der Waals surface area contributed by atoms with Crippen molar-refractivity contribution in [3.05, 3.63) is 29.6 Å². The molecule has 0 aliphatic heterocycles. The number of methoxy groups -OCH3 is 1. The largest absolute Gasteiger partial charge is 0.494 e. The number of aliphatic carboxylic acids is 1. The van der Waals surface area contributed by atoms with Crippen LogP contribution in [0.3, 0.4) is 0 Å². The van der Waals surface area contributed by atoms with E-state index in [1.165, 1.54) is 19.2 Å². The molecule has 0 radical (unpaired) electrons. The topological polar surface area (TPSA) is 75.6 Å². The molecule has 0 bridgehead atoms. The van der Waals surface area contributed by atoms with Gasteiger partial charge in [0.1, 0.15) is 0 Å². The summed E-state index contributed by atoms with van der Waals surface area (Å²) in [6.45, 7) is 2.04. The van der Waals surface area contributed by atoms with Gasteiger partial charge in [0, 0.05) is 6.54 Å². The summed E-state index contributed by atoms with van der Waals surface area (Å²) in [4.78, 5) is 22.3. The third kappa shape index (κ3) is 5.81. The number of nitrogens with one attached hydrogen (secondary N) is 1. The zero-order valence-electron chi connectivity index (χ0n) is 12.2. The Hall–Kier alpha value is -2.11. The molecule has 5 nitrogen and oxygen atoms in total. The number of amides is 1. The van der Waals surface area contributed by atoms with Gasteiger partial charge < -0.3 is 15.2 Å². The van der Waals surface area contributed by atoms with Gasteiger partial charge in [-0.15, -0.1) is 0 Å². The lowest BCUT2D eigenvalue weighted by molar-refractivity contribution is -0.141. The molecule has 0 saturated heterocycles. The highest BCUT2D eigenvalue weighted by Crippen LogP contribution is 2.17. The first-order chi connectivity index (χ1) is 9.93. The smallest absolute Gasteiger partial charge is 0.306 e. The van der Waals surface area contributed by atoms with Crippen molar-refractivity contribution in [2.75, 3.05) is 13.7 Å². The fourth-order valence-electron chi connectivity index (χ4n) is 1.83. The molecule has 0 aliphatic carbocycles. The highest BCUT2D eigenvalue weighted by atomic mass is 19.1. The van der Waals surface area contributed by atoms with Crippen molar-refractivity contribution in [3.8, 4) is 5.75 Å². The fourth-order valence-corrected chi connectivity index (χ4v) is 1.83. The van der Waals surface area contributed by atoms with E-state index in [9.17, 15) is 14.0 Å². The zero-order chi connectivity index (χ0) is 15.8. The second-order valence-corrected chi connectivity index (χ2v) is 4.88. The van der Waals surface area contributed by atoms with Crippen LogP contribution < -0.4 is 10.1 Å². The van der Waals surface area contributed by atoms with E-state index in [0.717, 1.165) is 0 Å². The third-order valence-corrected chi connectivity index (χ3v) is 3.14. The highest BCUT2D eigenvalue weighted by molar-refractivity contribution is 5.78. The molecule has 1 rings (SSSR count). The van der Waals surface area contributed by atoms with Crippen LogP contribution in [0.25, 0.3) is 0 Å². The van der Waals surface area contributed by atoms with Gasteiger partial charge in [-0.05, 0) is 30.5 Å². The van der Waals surface area contributed by atoms with Gasteiger partial charge in [-0.2, -0.15) is 0 Å². The molecule has 0 aliphatic rings. The van der Waals surface area contributed by atoms with E-state index < -0.39 is 17.7 Å². The summed E-state index contributed by atoms with van der Waals surface area (Å²) in [7, 11) is 1.38. The summed E-state index contributed by atoms with van der Waals surface area (Å²) in [5.74, 6) is -1.84. The van der Waals surface area contributed by atoms with Crippen LogP contribution >= 0.6 is 0 Å². The van der Waals surface area contributed by atoms with Crippen molar-refractivity contribution in [2.24, 2.45) is 5.92 Å². The van der Waals surface area contributed by atoms with Gasteiger partial charge >= 0.3 is 5.97 Å². The van der Waals surface area contributed by atoms with E-state index in [4.69, 9.17) is 9.84 Å². The molecule has 0 saturated carbocycles. The standard InChI is InChI=1S/C15H20FNO4/c1-10(15(19)20)4-3-7-17-14(18)9-11-5-6-13(21-2)12(16)8-11/h5-6,8,10H,3-4,7,9H2,1-2H3,(H,17,18)(H,19,20). The first kappa shape index (κ1) is 16.9. The zero-order valence-corrected chi connectivity index (χ0v) is 12.2. The van der Waals surface area contributed by atoms with Crippen LogP contribution in [0.4, 0.5) is 4.39 Å². The molecule has 116 valence electrons. The number of halogens is 1. The second-order valence-electron chi connectivity index (χ2n) is 4.88. The minimum absolute atomic E-state index is 0.0788. The van der Waals surface area contributed by atoms with Gasteiger partial charge in [-0.1, -0.05) is 13.0 Å². The van der Waals surface area contributed by atoms with E-state index in [1.54, 1.807) is 13.0 Å². The van der Waals surface area contributed by atoms with Crippen molar-refractivity contribution < 1.29 is 23.8 Å². The molecule has 1 amide bonds. The van der Waals surface area contributed by atoms with Crippen LogP contribution in [-0.4, -0.2) is 30.6 Å². The molecular formula is C15H20FNO4. The first-order valence-electron chi connectivity index (χ1n) is 6.76. The van der Waals surface area contributed by atoms with E-state index in [-0.39, 0.29) is 18.1 Å². The van der Waals surface area contributed by atoms with Crippen molar-refractivity contribution in [1.82, 2.24) is 5.32 Å². The SMILES string of the molecule is COc1ccc(CC(=O)NCCCC(C)C(=O)O)cc1F. The van der Waals surface area contributed by atoms with Crippen LogP contribution in [-0.2, 0) is 16.0 Å². The predicted octanol–water partition coefficient (Wildman–Crippen LogP) is 1.99. The first-order valence-corrected chi connectivity index (χ1v) is 6.76. The number of ether oxygens (including phenoxy) is 1. The Kier molecular flexibility index (Phi) is 6.65. The minimum atomic E-state index is -0.838. The maximum Gasteiger partial charge on any atom is 0.306 e. The molecule has 1 aromatic rings. The summed E-state index contributed by atoms with van der Waals surface area (Å²) >= 11 is 0. The lowest BCUT2D eigenvalue weighted by Gasteiger charge is -2.08. The lowest BCUT2D eigenvalue weighted by atomic mass is 10.1. The molecule has 0 fully saturated rings. The molecule has 6 heteroatoms. The predicted molar refractivity (Wildman–Crippen MR) is 75.7 cm³/mol. The van der Waals surface area contributed by atoms with Gasteiger partial charge in [0.2, 0.25) is 5.91 Å². The van der Waals surface area contributed by atoms with E-state index in [0.29, 0.717) is 24.9 Å². The summed E-state index contributed by atoms with van der Waals surface area (Å²) in [5.41, 5.74) is 0.560. The number of benzene rings is 1. The Morgan fingerprint density at radius 1 is 1.43 bits per heavy atom. The fraction of sp³-hybridized carbons (Fsp3) is 0.467. The van der Waals surface area contributed by atoms with Gasteiger partial charge in [0.25, 0.3) is 0 Å². The Balaban J connectivity index is 2.34. The van der Waals surface area contributed by atoms with E-state index in [1.807, 2.05) is 0 Å². The summed E-state index contributed by atoms with van der Waals surface area (Å²) in [6, 6.07) is 4.38. The Morgan fingerprint density at radius 2 is 2.14 bits per heavy atom. The molecular weight excluding hydrogens is 277 g/mol. The number of carboxylic acid groups (broad SMARTS) is 1. The van der Waals surface area contributed by atoms with Crippen LogP contribution in [0.5, 0.6) is 5.75 Å². The van der Waals surface area contributed by atoms with Crippen molar-refractivity contribution in [2.45, 2.75) is 26.2 Å². The Morgan fingerprint density at radius 3 is 2.71 bits per heavy atom. The third-order valence-electron chi connectivity index (χ3n) is 3.14. The van der Waals surface area contributed by atoms with Crippen LogP contribution in [0.15, 0.2) is 18.2 Å². The molecule has 1 unspecified atom stereocenters. The maximum absolute atomic E-state index is 13.5. The normalized spacial score (nSPS) is 11.8. The molecule has 1 atom stereocenters. The van der Waals surface area contributed by atoms with Gasteiger partial charge in [0.05, 0.1) is 19.4 Å². The maximum atomic E-state index is 13.5. The summed E-state index contributed by atoms with van der Waals surface area (Å²) < 4.78 is 18.3. The number of carboxylic acids is 1. The number of carbonyl (C=O) groups excluding carboxylic acids is 1. The van der Waals surface area contributed by atoms with Crippen molar-refractivity contribution >= 4 is 11.9 Å². The molecule has 2 N–H and O–H groups in total. The average Bonchev–Trinajstić information content (AvgIpc) is 2.43. The summed E-state index contributed by atoms with van der Waals surface area (Å²) in [5, 5.41) is 11.4. The molecule has 21 heavy (non-hydrogen) atoms. The molecule has 0 aromatic heterocycles. The highest BCUT2D eigenvalue weighted by Gasteiger charge is 2.11. The number of hydrogen-bond acceptors (Lipinski definition) is 3. The van der Waals surface area contributed by atoms with Crippen LogP contribution in [0.1, 0.15) is 25.3 Å². The van der Waals surface area contributed by atoms with Gasteiger partial charge in [-0.3, -0.25) is 9.59 Å². The lowest BCUT2D eigenvalue weighted by Crippen LogP contribution is -2.26. The molecule has 1 aromatic carbocycles. The summed E-state index contributed by atoms with van der Waals surface area (Å²) in [6.07, 6.45) is 1.18. The number of hydrogen-bond donors (Lipinski definition) is 2. The van der Waals surface area contributed by atoms with Crippen LogP contribution in [0.2, 0.25) is 0 Å².